The van der Waals surface area contributed by atoms with Crippen LogP contribution in [0.15, 0.2) is 48.7 Å². The molecule has 2 unspecified atom stereocenters. The lowest BCUT2D eigenvalue weighted by molar-refractivity contribution is 0.0859. The van der Waals surface area contributed by atoms with E-state index in [-0.39, 0.29) is 12.2 Å². The van der Waals surface area contributed by atoms with Crippen molar-refractivity contribution in [2.75, 3.05) is 7.11 Å². The number of benzene rings is 1. The number of hydrogen-bond donors (Lipinski definition) is 0. The van der Waals surface area contributed by atoms with Crippen molar-refractivity contribution >= 4 is 0 Å². The van der Waals surface area contributed by atoms with E-state index in [1.807, 2.05) is 36.4 Å². The number of fused-ring (bicyclic) bond motifs is 5. The smallest absolute Gasteiger partial charge is 0.137 e. The normalized spacial score (nSPS) is 21.9. The second-order valence-corrected chi connectivity index (χ2v) is 4.75. The Hall–Kier alpha value is -2.33. The highest BCUT2D eigenvalue weighted by atomic mass is 16.5. The van der Waals surface area contributed by atoms with Gasteiger partial charge in [-0.3, -0.25) is 4.98 Å². The van der Waals surface area contributed by atoms with Crippen molar-refractivity contribution in [2.24, 2.45) is 0 Å². The molecule has 0 aliphatic carbocycles. The largest absolute Gasteiger partial charge is 0.497 e. The van der Waals surface area contributed by atoms with Gasteiger partial charge in [-0.2, -0.15) is 0 Å². The highest BCUT2D eigenvalue weighted by Crippen LogP contribution is 2.49. The summed E-state index contributed by atoms with van der Waals surface area (Å²) in [4.78, 5) is 4.40. The fourth-order valence-corrected chi connectivity index (χ4v) is 2.61. The van der Waals surface area contributed by atoms with Gasteiger partial charge in [0.25, 0.3) is 0 Å². The summed E-state index contributed by atoms with van der Waals surface area (Å²) < 4.78 is 16.9. The molecule has 2 bridgehead atoms. The van der Waals surface area contributed by atoms with Crippen LogP contribution in [-0.2, 0) is 4.74 Å². The molecule has 4 heteroatoms. The van der Waals surface area contributed by atoms with Crippen LogP contribution in [0.5, 0.6) is 17.2 Å². The molecule has 0 N–H and O–H groups in total. The van der Waals surface area contributed by atoms with Crippen LogP contribution in [0.4, 0.5) is 0 Å². The molecular formula is C16H13NO3. The van der Waals surface area contributed by atoms with Crippen LogP contribution in [-0.4, -0.2) is 12.1 Å². The van der Waals surface area contributed by atoms with Gasteiger partial charge in [0.15, 0.2) is 0 Å². The molecule has 2 aromatic rings. The number of hydrogen-bond acceptors (Lipinski definition) is 4. The minimum absolute atomic E-state index is 0.0191. The minimum atomic E-state index is -0.0306. The van der Waals surface area contributed by atoms with Gasteiger partial charge in [-0.15, -0.1) is 0 Å². The van der Waals surface area contributed by atoms with Gasteiger partial charge in [0.1, 0.15) is 29.5 Å². The van der Waals surface area contributed by atoms with Gasteiger partial charge in [-0.05, 0) is 30.3 Å². The zero-order valence-corrected chi connectivity index (χ0v) is 10.9. The lowest BCUT2D eigenvalue weighted by atomic mass is 10.0. The standard InChI is InChI=1S/C16H13NO3/c1-18-10-2-4-11(5-3-10)19-13-8-9-17-16-14-7-6-12(20-14)15(13)16/h2-9,12,14H,1H3. The molecule has 0 fully saturated rings. The summed E-state index contributed by atoms with van der Waals surface area (Å²) in [5, 5.41) is 0. The third-order valence-electron chi connectivity index (χ3n) is 3.58. The summed E-state index contributed by atoms with van der Waals surface area (Å²) >= 11 is 0. The first-order chi connectivity index (χ1) is 9.85. The Kier molecular flexibility index (Phi) is 2.50. The number of nitrogens with zero attached hydrogens (tertiary/aromatic N) is 1. The fraction of sp³-hybridized carbons (Fsp3) is 0.188. The van der Waals surface area contributed by atoms with Crippen molar-refractivity contribution in [2.45, 2.75) is 12.2 Å². The third kappa shape index (κ3) is 1.69. The quantitative estimate of drug-likeness (QED) is 0.797. The molecule has 0 saturated carbocycles. The van der Waals surface area contributed by atoms with Crippen molar-refractivity contribution in [3.63, 3.8) is 0 Å². The number of pyridine rings is 1. The lowest BCUT2D eigenvalue weighted by Crippen LogP contribution is -1.99. The second kappa shape index (κ2) is 4.35. The topological polar surface area (TPSA) is 40.6 Å². The summed E-state index contributed by atoms with van der Waals surface area (Å²) in [5.74, 6) is 2.38. The first kappa shape index (κ1) is 11.5. The van der Waals surface area contributed by atoms with E-state index in [9.17, 15) is 0 Å². The van der Waals surface area contributed by atoms with E-state index >= 15 is 0 Å². The number of ether oxygens (including phenoxy) is 3. The van der Waals surface area contributed by atoms with Crippen LogP contribution in [0.3, 0.4) is 0 Å². The highest BCUT2D eigenvalue weighted by molar-refractivity contribution is 5.49. The van der Waals surface area contributed by atoms with Gasteiger partial charge < -0.3 is 14.2 Å². The average molecular weight is 267 g/mol. The van der Waals surface area contributed by atoms with Crippen LogP contribution >= 0.6 is 0 Å². The molecule has 2 atom stereocenters. The minimum Gasteiger partial charge on any atom is -0.497 e. The Morgan fingerprint density at radius 2 is 1.75 bits per heavy atom. The second-order valence-electron chi connectivity index (χ2n) is 4.75. The molecule has 1 aromatic heterocycles. The van der Waals surface area contributed by atoms with E-state index in [1.54, 1.807) is 13.3 Å². The Balaban J connectivity index is 1.67. The zero-order chi connectivity index (χ0) is 13.5. The molecule has 3 heterocycles. The molecule has 2 aliphatic heterocycles. The predicted molar refractivity (Wildman–Crippen MR) is 73.0 cm³/mol. The summed E-state index contributed by atoms with van der Waals surface area (Å²) in [6.45, 7) is 0. The molecule has 20 heavy (non-hydrogen) atoms. The maximum Gasteiger partial charge on any atom is 0.137 e. The van der Waals surface area contributed by atoms with E-state index < -0.39 is 0 Å². The fourth-order valence-electron chi connectivity index (χ4n) is 2.61. The molecule has 0 saturated heterocycles. The van der Waals surface area contributed by atoms with Gasteiger partial charge in [0.2, 0.25) is 0 Å². The van der Waals surface area contributed by atoms with Crippen LogP contribution in [0.1, 0.15) is 23.5 Å². The van der Waals surface area contributed by atoms with Crippen molar-refractivity contribution in [1.82, 2.24) is 4.98 Å². The Bertz CT molecular complexity index is 679. The average Bonchev–Trinajstić information content (AvgIpc) is 3.10. The third-order valence-corrected chi connectivity index (χ3v) is 3.58. The Labute approximate surface area is 116 Å². The van der Waals surface area contributed by atoms with Crippen molar-refractivity contribution in [1.29, 1.82) is 0 Å². The van der Waals surface area contributed by atoms with Gasteiger partial charge in [0, 0.05) is 6.20 Å². The van der Waals surface area contributed by atoms with Crippen molar-refractivity contribution in [3.05, 3.63) is 59.9 Å². The van der Waals surface area contributed by atoms with Gasteiger partial charge in [-0.25, -0.2) is 0 Å². The molecule has 1 aromatic carbocycles. The summed E-state index contributed by atoms with van der Waals surface area (Å²) in [7, 11) is 1.64. The number of methoxy groups -OCH3 is 1. The number of aromatic nitrogens is 1. The van der Waals surface area contributed by atoms with E-state index in [0.717, 1.165) is 28.5 Å². The van der Waals surface area contributed by atoms with E-state index in [2.05, 4.69) is 11.1 Å². The van der Waals surface area contributed by atoms with Crippen LogP contribution < -0.4 is 9.47 Å². The van der Waals surface area contributed by atoms with Crippen LogP contribution in [0, 0.1) is 0 Å². The predicted octanol–water partition coefficient (Wildman–Crippen LogP) is 3.56. The van der Waals surface area contributed by atoms with Crippen molar-refractivity contribution in [3.8, 4) is 17.2 Å². The Morgan fingerprint density at radius 1 is 1.00 bits per heavy atom. The molecule has 0 spiro atoms. The molecule has 0 amide bonds. The van der Waals surface area contributed by atoms with Gasteiger partial charge >= 0.3 is 0 Å². The SMILES string of the molecule is COc1ccc(Oc2ccnc3c2C2C=CC3O2)cc1. The summed E-state index contributed by atoms with van der Waals surface area (Å²) in [6.07, 6.45) is 5.80. The van der Waals surface area contributed by atoms with E-state index in [1.165, 1.54) is 0 Å². The van der Waals surface area contributed by atoms with Crippen LogP contribution in [0.25, 0.3) is 0 Å². The molecule has 4 rings (SSSR count). The monoisotopic (exact) mass is 267 g/mol. The molecule has 100 valence electrons. The van der Waals surface area contributed by atoms with Gasteiger partial charge in [0.05, 0.1) is 18.4 Å². The van der Waals surface area contributed by atoms with Gasteiger partial charge in [-0.1, -0.05) is 12.2 Å². The van der Waals surface area contributed by atoms with Crippen molar-refractivity contribution < 1.29 is 14.2 Å². The lowest BCUT2D eigenvalue weighted by Gasteiger charge is -2.13. The summed E-state index contributed by atoms with van der Waals surface area (Å²) in [5.41, 5.74) is 2.00. The molecule has 2 aliphatic rings. The Morgan fingerprint density at radius 3 is 2.55 bits per heavy atom. The number of rotatable bonds is 3. The highest BCUT2D eigenvalue weighted by Gasteiger charge is 2.37. The molecule has 0 radical (unpaired) electrons. The van der Waals surface area contributed by atoms with Crippen LogP contribution in [0.2, 0.25) is 0 Å². The molecular weight excluding hydrogens is 254 g/mol. The first-order valence-corrected chi connectivity index (χ1v) is 6.49. The first-order valence-electron chi connectivity index (χ1n) is 6.49. The molecule has 4 nitrogen and oxygen atoms in total. The zero-order valence-electron chi connectivity index (χ0n) is 10.9. The maximum atomic E-state index is 5.96. The van der Waals surface area contributed by atoms with E-state index in [0.29, 0.717) is 0 Å². The summed E-state index contributed by atoms with van der Waals surface area (Å²) in [6, 6.07) is 9.39. The maximum absolute atomic E-state index is 5.96. The van der Waals surface area contributed by atoms with E-state index in [4.69, 9.17) is 14.2 Å².